The fourth-order valence-corrected chi connectivity index (χ4v) is 0.470. The first-order valence-electron chi connectivity index (χ1n) is 4.44. The van der Waals surface area contributed by atoms with Crippen molar-refractivity contribution in [2.24, 2.45) is 0 Å². The topological polar surface area (TPSA) is 0 Å². The lowest BCUT2D eigenvalue weighted by Gasteiger charge is -1.85. The molecule has 0 aliphatic rings. The molecule has 0 rings (SSSR count). The highest BCUT2D eigenvalue weighted by molar-refractivity contribution is 6.61. The van der Waals surface area contributed by atoms with Crippen molar-refractivity contribution in [3.05, 3.63) is 23.7 Å². The molecule has 0 aromatic heterocycles. The second-order valence-electron chi connectivity index (χ2n) is 2.87. The standard InChI is InChI=1S/C8H15B.C2H6/c1-8(2)6-5-7-9(3)4;1-2/h5-7H,1-4H3;1-2H3. The van der Waals surface area contributed by atoms with Gasteiger partial charge in [0.2, 0.25) is 0 Å². The normalized spacial score (nSPS) is 8.55. The Morgan fingerprint density at radius 3 is 1.82 bits per heavy atom. The van der Waals surface area contributed by atoms with Crippen LogP contribution in [0.1, 0.15) is 27.7 Å². The van der Waals surface area contributed by atoms with Crippen LogP contribution in [0, 0.1) is 0 Å². The van der Waals surface area contributed by atoms with E-state index in [9.17, 15) is 0 Å². The molecule has 0 nitrogen and oxygen atoms in total. The minimum Gasteiger partial charge on any atom is -0.116 e. The molecule has 0 spiro atoms. The Kier molecular flexibility index (Phi) is 11.4. The molecule has 0 bridgehead atoms. The van der Waals surface area contributed by atoms with Crippen LogP contribution in [0.15, 0.2) is 23.7 Å². The van der Waals surface area contributed by atoms with Crippen molar-refractivity contribution in [1.29, 1.82) is 0 Å². The van der Waals surface area contributed by atoms with Crippen molar-refractivity contribution in [2.75, 3.05) is 0 Å². The maximum absolute atomic E-state index is 2.19. The van der Waals surface area contributed by atoms with Crippen LogP contribution < -0.4 is 0 Å². The lowest BCUT2D eigenvalue weighted by Crippen LogP contribution is -1.91. The molecule has 0 aliphatic carbocycles. The maximum Gasteiger partial charge on any atom is 0.160 e. The molecule has 0 aromatic rings. The maximum atomic E-state index is 2.19. The first-order chi connectivity index (χ1) is 5.13. The third-order valence-electron chi connectivity index (χ3n) is 0.926. The fraction of sp³-hybridized carbons (Fsp3) is 0.600. The summed E-state index contributed by atoms with van der Waals surface area (Å²) in [5.74, 6) is 2.19. The van der Waals surface area contributed by atoms with Gasteiger partial charge < -0.3 is 0 Å². The average molecular weight is 152 g/mol. The van der Waals surface area contributed by atoms with Crippen LogP contribution in [-0.4, -0.2) is 6.71 Å². The van der Waals surface area contributed by atoms with Gasteiger partial charge in [-0.15, -0.1) is 5.98 Å². The van der Waals surface area contributed by atoms with Crippen LogP contribution in [0.25, 0.3) is 0 Å². The lowest BCUT2D eigenvalue weighted by molar-refractivity contribution is 1.39. The van der Waals surface area contributed by atoms with Gasteiger partial charge in [-0.25, -0.2) is 0 Å². The van der Waals surface area contributed by atoms with E-state index in [1.54, 1.807) is 0 Å². The molecule has 0 heterocycles. The second kappa shape index (κ2) is 9.54. The summed E-state index contributed by atoms with van der Waals surface area (Å²) in [6.45, 7) is 13.2. The zero-order valence-corrected chi connectivity index (χ0v) is 8.81. The van der Waals surface area contributed by atoms with E-state index < -0.39 is 0 Å². The third kappa shape index (κ3) is 17.7. The summed E-state index contributed by atoms with van der Waals surface area (Å²) < 4.78 is 0. The third-order valence-corrected chi connectivity index (χ3v) is 0.926. The van der Waals surface area contributed by atoms with Crippen LogP contribution in [0.5, 0.6) is 0 Å². The van der Waals surface area contributed by atoms with E-state index in [1.807, 2.05) is 13.8 Å². The van der Waals surface area contributed by atoms with Gasteiger partial charge in [-0.05, 0) is 13.8 Å². The SMILES string of the molecule is CB(C)C=CC=C(C)C.CC. The summed E-state index contributed by atoms with van der Waals surface area (Å²) in [6, 6.07) is 0. The van der Waals surface area contributed by atoms with E-state index in [2.05, 4.69) is 45.6 Å². The second-order valence-corrected chi connectivity index (χ2v) is 2.87. The Balaban J connectivity index is 0. The fourth-order valence-electron chi connectivity index (χ4n) is 0.470. The van der Waals surface area contributed by atoms with Gasteiger partial charge in [0, 0.05) is 0 Å². The Bertz CT molecular complexity index is 117. The van der Waals surface area contributed by atoms with Crippen molar-refractivity contribution in [3.63, 3.8) is 0 Å². The largest absolute Gasteiger partial charge is 0.160 e. The Morgan fingerprint density at radius 1 is 1.09 bits per heavy atom. The molecule has 0 saturated carbocycles. The number of hydrogen-bond acceptors (Lipinski definition) is 0. The summed E-state index contributed by atoms with van der Waals surface area (Å²) in [7, 11) is 0. The van der Waals surface area contributed by atoms with Crippen LogP contribution in [-0.2, 0) is 0 Å². The van der Waals surface area contributed by atoms with E-state index >= 15 is 0 Å². The van der Waals surface area contributed by atoms with Crippen LogP contribution >= 0.6 is 0 Å². The highest BCUT2D eigenvalue weighted by atomic mass is 13.7. The van der Waals surface area contributed by atoms with E-state index in [-0.39, 0.29) is 0 Å². The Morgan fingerprint density at radius 2 is 1.55 bits per heavy atom. The minimum atomic E-state index is 0.667. The molecule has 0 amide bonds. The van der Waals surface area contributed by atoms with Crippen LogP contribution in [0.4, 0.5) is 0 Å². The molecule has 64 valence electrons. The van der Waals surface area contributed by atoms with Crippen molar-refractivity contribution in [2.45, 2.75) is 41.3 Å². The lowest BCUT2D eigenvalue weighted by atomic mass is 9.55. The number of hydrogen-bond donors (Lipinski definition) is 0. The summed E-state index contributed by atoms with van der Waals surface area (Å²) >= 11 is 0. The van der Waals surface area contributed by atoms with Gasteiger partial charge in [0.05, 0.1) is 0 Å². The molecule has 0 unspecified atom stereocenters. The van der Waals surface area contributed by atoms with Gasteiger partial charge in [0.25, 0.3) is 0 Å². The molecule has 0 aromatic carbocycles. The molecule has 0 aliphatic heterocycles. The highest BCUT2D eigenvalue weighted by Crippen LogP contribution is 1.90. The van der Waals surface area contributed by atoms with Crippen molar-refractivity contribution in [3.8, 4) is 0 Å². The minimum absolute atomic E-state index is 0.667. The molecule has 0 saturated heterocycles. The summed E-state index contributed by atoms with van der Waals surface area (Å²) in [6.07, 6.45) is 4.24. The number of rotatable bonds is 2. The van der Waals surface area contributed by atoms with Crippen molar-refractivity contribution >= 4 is 6.71 Å². The molecule has 0 N–H and O–H groups in total. The Hall–Kier alpha value is -0.455. The van der Waals surface area contributed by atoms with Gasteiger partial charge in [-0.1, -0.05) is 45.2 Å². The monoisotopic (exact) mass is 152 g/mol. The first-order valence-corrected chi connectivity index (χ1v) is 4.44. The molecule has 0 radical (unpaired) electrons. The van der Waals surface area contributed by atoms with E-state index in [1.165, 1.54) is 5.57 Å². The van der Waals surface area contributed by atoms with Crippen LogP contribution in [0.3, 0.4) is 0 Å². The first kappa shape index (κ1) is 13.2. The van der Waals surface area contributed by atoms with Crippen LogP contribution in [0.2, 0.25) is 13.6 Å². The van der Waals surface area contributed by atoms with Gasteiger partial charge in [0.15, 0.2) is 6.71 Å². The summed E-state index contributed by atoms with van der Waals surface area (Å²) in [4.78, 5) is 0. The van der Waals surface area contributed by atoms with Crippen molar-refractivity contribution < 1.29 is 0 Å². The zero-order chi connectivity index (χ0) is 9.28. The summed E-state index contributed by atoms with van der Waals surface area (Å²) in [5.41, 5.74) is 1.35. The molecular formula is C10H21B. The van der Waals surface area contributed by atoms with E-state index in [0.717, 1.165) is 0 Å². The molecular weight excluding hydrogens is 131 g/mol. The molecule has 1 heteroatoms. The zero-order valence-electron chi connectivity index (χ0n) is 8.81. The van der Waals surface area contributed by atoms with Gasteiger partial charge in [-0.2, -0.15) is 0 Å². The molecule has 0 atom stereocenters. The average Bonchev–Trinajstić information content (AvgIpc) is 1.90. The number of allylic oxidation sites excluding steroid dienone is 3. The van der Waals surface area contributed by atoms with E-state index in [0.29, 0.717) is 6.71 Å². The molecule has 11 heavy (non-hydrogen) atoms. The Labute approximate surface area is 72.5 Å². The predicted octanol–water partition coefficient (Wildman–Crippen LogP) is 3.83. The van der Waals surface area contributed by atoms with Crippen molar-refractivity contribution in [1.82, 2.24) is 0 Å². The highest BCUT2D eigenvalue weighted by Gasteiger charge is 1.85. The predicted molar refractivity (Wildman–Crippen MR) is 57.4 cm³/mol. The van der Waals surface area contributed by atoms with Gasteiger partial charge >= 0.3 is 0 Å². The molecule has 0 fully saturated rings. The quantitative estimate of drug-likeness (QED) is 0.416. The summed E-state index contributed by atoms with van der Waals surface area (Å²) in [5, 5.41) is 0. The van der Waals surface area contributed by atoms with Gasteiger partial charge in [0.1, 0.15) is 0 Å². The smallest absolute Gasteiger partial charge is 0.116 e. The van der Waals surface area contributed by atoms with Gasteiger partial charge in [-0.3, -0.25) is 0 Å². The van der Waals surface area contributed by atoms with E-state index in [4.69, 9.17) is 0 Å².